The van der Waals surface area contributed by atoms with Crippen molar-refractivity contribution in [3.05, 3.63) is 18.2 Å². The SMILES string of the molecule is CCOc1ccc(NC(=O)C[NH+]2CCC(C)CC2)cc1S(=O)(=O)N1CCCC1. The van der Waals surface area contributed by atoms with E-state index >= 15 is 0 Å². The molecular weight excluding hydrogens is 378 g/mol. The number of sulfonamides is 1. The number of quaternary nitrogens is 1. The lowest BCUT2D eigenvalue weighted by Gasteiger charge is -2.26. The van der Waals surface area contributed by atoms with Crippen LogP contribution in [0, 0.1) is 5.92 Å². The zero-order chi connectivity index (χ0) is 20.1. The molecule has 0 atom stereocenters. The summed E-state index contributed by atoms with van der Waals surface area (Å²) in [5.74, 6) is 0.984. The van der Waals surface area contributed by atoms with Gasteiger partial charge in [0.1, 0.15) is 10.6 Å². The van der Waals surface area contributed by atoms with Gasteiger partial charge in [0.25, 0.3) is 5.91 Å². The summed E-state index contributed by atoms with van der Waals surface area (Å²) in [4.78, 5) is 13.9. The maximum atomic E-state index is 13.0. The molecule has 2 heterocycles. The van der Waals surface area contributed by atoms with E-state index in [-0.39, 0.29) is 10.8 Å². The Morgan fingerprint density at radius 2 is 1.93 bits per heavy atom. The number of rotatable bonds is 7. The summed E-state index contributed by atoms with van der Waals surface area (Å²) in [6, 6.07) is 4.88. The van der Waals surface area contributed by atoms with E-state index in [1.165, 1.54) is 15.3 Å². The van der Waals surface area contributed by atoms with Gasteiger partial charge in [-0.15, -0.1) is 0 Å². The largest absolute Gasteiger partial charge is 0.492 e. The van der Waals surface area contributed by atoms with Gasteiger partial charge in [0.05, 0.1) is 19.7 Å². The highest BCUT2D eigenvalue weighted by Gasteiger charge is 2.30. The lowest BCUT2D eigenvalue weighted by molar-refractivity contribution is -0.897. The maximum Gasteiger partial charge on any atom is 0.279 e. The molecule has 2 saturated heterocycles. The number of carbonyl (C=O) groups is 1. The number of nitrogens with zero attached hydrogens (tertiary/aromatic N) is 1. The minimum atomic E-state index is -3.63. The van der Waals surface area contributed by atoms with Crippen LogP contribution in [0.3, 0.4) is 0 Å². The second-order valence-electron chi connectivity index (χ2n) is 7.86. The van der Waals surface area contributed by atoms with Gasteiger partial charge >= 0.3 is 0 Å². The summed E-state index contributed by atoms with van der Waals surface area (Å²) in [6.07, 6.45) is 4.03. The van der Waals surface area contributed by atoms with Gasteiger partial charge in [-0.3, -0.25) is 4.79 Å². The molecule has 156 valence electrons. The average molecular weight is 411 g/mol. The predicted molar refractivity (Wildman–Crippen MR) is 108 cm³/mol. The second-order valence-corrected chi connectivity index (χ2v) is 9.77. The van der Waals surface area contributed by atoms with Gasteiger partial charge in [0.2, 0.25) is 10.0 Å². The van der Waals surface area contributed by atoms with Crippen molar-refractivity contribution in [3.8, 4) is 5.75 Å². The number of likely N-dealkylation sites (tertiary alicyclic amines) is 1. The smallest absolute Gasteiger partial charge is 0.279 e. The molecule has 0 bridgehead atoms. The minimum Gasteiger partial charge on any atom is -0.492 e. The Kier molecular flexibility index (Phi) is 6.95. The molecule has 28 heavy (non-hydrogen) atoms. The van der Waals surface area contributed by atoms with Gasteiger partial charge in [-0.1, -0.05) is 6.92 Å². The predicted octanol–water partition coefficient (Wildman–Crippen LogP) is 1.12. The van der Waals surface area contributed by atoms with Crippen LogP contribution in [0.5, 0.6) is 5.75 Å². The average Bonchev–Trinajstić information content (AvgIpc) is 3.20. The molecule has 2 N–H and O–H groups in total. The Morgan fingerprint density at radius 3 is 2.57 bits per heavy atom. The van der Waals surface area contributed by atoms with E-state index in [1.54, 1.807) is 12.1 Å². The first-order valence-corrected chi connectivity index (χ1v) is 11.7. The third-order valence-electron chi connectivity index (χ3n) is 5.60. The van der Waals surface area contributed by atoms with Crippen LogP contribution in [0.25, 0.3) is 0 Å². The number of amides is 1. The highest BCUT2D eigenvalue weighted by atomic mass is 32.2. The second kappa shape index (κ2) is 9.24. The van der Waals surface area contributed by atoms with Crippen LogP contribution in [0.1, 0.15) is 39.5 Å². The molecule has 0 aromatic heterocycles. The van der Waals surface area contributed by atoms with E-state index in [9.17, 15) is 13.2 Å². The van der Waals surface area contributed by atoms with Gasteiger partial charge in [-0.25, -0.2) is 8.42 Å². The third kappa shape index (κ3) is 5.04. The summed E-state index contributed by atoms with van der Waals surface area (Å²) in [6.45, 7) is 7.93. The van der Waals surface area contributed by atoms with Crippen molar-refractivity contribution in [2.45, 2.75) is 44.4 Å². The summed E-state index contributed by atoms with van der Waals surface area (Å²) in [5.41, 5.74) is 0.496. The van der Waals surface area contributed by atoms with Crippen LogP contribution in [-0.4, -0.2) is 58.0 Å². The lowest BCUT2D eigenvalue weighted by atomic mass is 9.99. The van der Waals surface area contributed by atoms with E-state index in [0.717, 1.165) is 44.7 Å². The van der Waals surface area contributed by atoms with Crippen molar-refractivity contribution in [3.63, 3.8) is 0 Å². The monoisotopic (exact) mass is 410 g/mol. The lowest BCUT2D eigenvalue weighted by Crippen LogP contribution is -3.14. The molecule has 0 spiro atoms. The molecular formula is C20H32N3O4S+. The number of hydrogen-bond acceptors (Lipinski definition) is 4. The maximum absolute atomic E-state index is 13.0. The number of carbonyl (C=O) groups excluding carboxylic acids is 1. The fourth-order valence-corrected chi connectivity index (χ4v) is 5.58. The van der Waals surface area contributed by atoms with Gasteiger partial charge < -0.3 is 15.0 Å². The molecule has 1 aromatic carbocycles. The fraction of sp³-hybridized carbons (Fsp3) is 0.650. The molecule has 7 nitrogen and oxygen atoms in total. The molecule has 1 aromatic rings. The molecule has 1 amide bonds. The first-order valence-electron chi connectivity index (χ1n) is 10.3. The van der Waals surface area contributed by atoms with Gasteiger partial charge in [-0.2, -0.15) is 4.31 Å². The van der Waals surface area contributed by atoms with Crippen LogP contribution in [0.4, 0.5) is 5.69 Å². The van der Waals surface area contributed by atoms with E-state index in [2.05, 4.69) is 12.2 Å². The Labute approximate surface area is 168 Å². The summed E-state index contributed by atoms with van der Waals surface area (Å²) < 4.78 is 33.1. The number of ether oxygens (including phenoxy) is 1. The molecule has 2 aliphatic rings. The zero-order valence-corrected chi connectivity index (χ0v) is 17.7. The Morgan fingerprint density at radius 1 is 1.25 bits per heavy atom. The summed E-state index contributed by atoms with van der Waals surface area (Å²) in [5, 5.41) is 2.87. The van der Waals surface area contributed by atoms with Crippen molar-refractivity contribution in [2.75, 3.05) is 44.6 Å². The molecule has 2 fully saturated rings. The van der Waals surface area contributed by atoms with Crippen molar-refractivity contribution < 1.29 is 22.8 Å². The first kappa shape index (κ1) is 21.1. The van der Waals surface area contributed by atoms with Crippen LogP contribution in [0.2, 0.25) is 0 Å². The zero-order valence-electron chi connectivity index (χ0n) is 16.9. The Balaban J connectivity index is 1.74. The van der Waals surface area contributed by atoms with Crippen LogP contribution in [-0.2, 0) is 14.8 Å². The molecule has 2 aliphatic heterocycles. The van der Waals surface area contributed by atoms with Gasteiger partial charge in [0.15, 0.2) is 6.54 Å². The summed E-state index contributed by atoms with van der Waals surface area (Å²) in [7, 11) is -3.63. The van der Waals surface area contributed by atoms with Crippen molar-refractivity contribution in [1.82, 2.24) is 4.31 Å². The molecule has 0 saturated carbocycles. The van der Waals surface area contributed by atoms with Crippen LogP contribution >= 0.6 is 0 Å². The van der Waals surface area contributed by atoms with Gasteiger partial charge in [0, 0.05) is 18.8 Å². The van der Waals surface area contributed by atoms with Gasteiger partial charge in [-0.05, 0) is 56.7 Å². The van der Waals surface area contributed by atoms with Crippen molar-refractivity contribution >= 4 is 21.6 Å². The molecule has 0 unspecified atom stereocenters. The molecule has 0 radical (unpaired) electrons. The Hall–Kier alpha value is -1.64. The first-order chi connectivity index (χ1) is 13.4. The molecule has 0 aliphatic carbocycles. The number of benzene rings is 1. The standard InChI is InChI=1S/C20H31N3O4S/c1-3-27-18-7-6-17(14-19(18)28(25,26)23-10-4-5-11-23)21-20(24)15-22-12-8-16(2)9-13-22/h6-7,14,16H,3-5,8-13,15H2,1-2H3,(H,21,24)/p+1. The highest BCUT2D eigenvalue weighted by molar-refractivity contribution is 7.89. The fourth-order valence-electron chi connectivity index (χ4n) is 3.91. The van der Waals surface area contributed by atoms with Crippen molar-refractivity contribution in [1.29, 1.82) is 0 Å². The number of nitrogens with one attached hydrogen (secondary N) is 2. The topological polar surface area (TPSA) is 80.1 Å². The van der Waals surface area contributed by atoms with E-state index < -0.39 is 10.0 Å². The highest BCUT2D eigenvalue weighted by Crippen LogP contribution is 2.31. The minimum absolute atomic E-state index is 0.0850. The number of hydrogen-bond donors (Lipinski definition) is 2. The van der Waals surface area contributed by atoms with E-state index in [0.29, 0.717) is 37.7 Å². The number of anilines is 1. The van der Waals surface area contributed by atoms with Crippen molar-refractivity contribution in [2.24, 2.45) is 5.92 Å². The normalized spacial score (nSPS) is 23.5. The summed E-state index contributed by atoms with van der Waals surface area (Å²) >= 11 is 0. The van der Waals surface area contributed by atoms with Crippen LogP contribution in [0.15, 0.2) is 23.1 Å². The van der Waals surface area contributed by atoms with E-state index in [4.69, 9.17) is 4.74 Å². The number of piperidine rings is 1. The molecule has 8 heteroatoms. The van der Waals surface area contributed by atoms with Crippen LogP contribution < -0.4 is 15.0 Å². The molecule has 3 rings (SSSR count). The third-order valence-corrected chi connectivity index (χ3v) is 7.52. The quantitative estimate of drug-likeness (QED) is 0.706. The van der Waals surface area contributed by atoms with E-state index in [1.807, 2.05) is 6.92 Å². The Bertz CT molecular complexity index is 783.